The van der Waals surface area contributed by atoms with E-state index in [1.807, 2.05) is 0 Å². The van der Waals surface area contributed by atoms with Crippen LogP contribution in [0.15, 0.2) is 54.6 Å². The van der Waals surface area contributed by atoms with Crippen LogP contribution in [-0.2, 0) is 18.9 Å². The molecule has 0 aromatic heterocycles. The van der Waals surface area contributed by atoms with Gasteiger partial charge in [0.25, 0.3) is 0 Å². The van der Waals surface area contributed by atoms with Gasteiger partial charge in [-0.15, -0.1) is 0 Å². The SMILES string of the molecule is CCCCCCC1COC(C2CCC(C3(C)OC(c4ccc(-c5ccccc5)cc4)OCC3CCCCCC)CC2)OC1C. The maximum absolute atomic E-state index is 7.10. The van der Waals surface area contributed by atoms with E-state index in [1.165, 1.54) is 88.2 Å². The molecule has 44 heavy (non-hydrogen) atoms. The molecule has 4 heteroatoms. The lowest BCUT2D eigenvalue weighted by Gasteiger charge is -2.51. The normalized spacial score (nSPS) is 32.9. The maximum atomic E-state index is 7.10. The van der Waals surface area contributed by atoms with Crippen LogP contribution in [0, 0.1) is 23.7 Å². The van der Waals surface area contributed by atoms with Crippen molar-refractivity contribution in [2.45, 2.75) is 142 Å². The molecule has 2 aliphatic heterocycles. The van der Waals surface area contributed by atoms with Crippen molar-refractivity contribution >= 4 is 0 Å². The van der Waals surface area contributed by atoms with Crippen molar-refractivity contribution in [2.75, 3.05) is 13.2 Å². The molecule has 2 aromatic carbocycles. The Labute approximate surface area is 268 Å². The van der Waals surface area contributed by atoms with Gasteiger partial charge >= 0.3 is 0 Å². The summed E-state index contributed by atoms with van der Waals surface area (Å²) in [7, 11) is 0. The molecular weight excluding hydrogens is 544 g/mol. The molecule has 6 atom stereocenters. The summed E-state index contributed by atoms with van der Waals surface area (Å²) < 4.78 is 26.5. The van der Waals surface area contributed by atoms with Gasteiger partial charge in [0, 0.05) is 23.3 Å². The largest absolute Gasteiger partial charge is 0.352 e. The van der Waals surface area contributed by atoms with Crippen molar-refractivity contribution in [2.24, 2.45) is 23.7 Å². The molecule has 5 rings (SSSR count). The van der Waals surface area contributed by atoms with Crippen molar-refractivity contribution in [1.29, 1.82) is 0 Å². The Bertz CT molecular complexity index is 1080. The van der Waals surface area contributed by atoms with Gasteiger partial charge in [-0.3, -0.25) is 0 Å². The van der Waals surface area contributed by atoms with Crippen LogP contribution in [0.25, 0.3) is 11.1 Å². The average molecular weight is 605 g/mol. The molecule has 0 N–H and O–H groups in total. The van der Waals surface area contributed by atoms with Crippen LogP contribution in [-0.4, -0.2) is 31.2 Å². The Morgan fingerprint density at radius 3 is 2.02 bits per heavy atom. The summed E-state index contributed by atoms with van der Waals surface area (Å²) in [6.07, 6.45) is 17.4. The van der Waals surface area contributed by atoms with Crippen molar-refractivity contribution in [3.8, 4) is 11.1 Å². The minimum absolute atomic E-state index is 0.0398. The fraction of sp³-hybridized carbons (Fsp3) is 0.700. The molecule has 6 unspecified atom stereocenters. The van der Waals surface area contributed by atoms with Gasteiger partial charge in [0.1, 0.15) is 0 Å². The first kappa shape index (κ1) is 33.6. The summed E-state index contributed by atoms with van der Waals surface area (Å²) in [5.41, 5.74) is 3.39. The van der Waals surface area contributed by atoms with E-state index in [9.17, 15) is 0 Å². The first-order valence-corrected chi connectivity index (χ1v) is 18.2. The zero-order valence-electron chi connectivity index (χ0n) is 28.2. The van der Waals surface area contributed by atoms with Gasteiger partial charge in [-0.25, -0.2) is 0 Å². The third-order valence-electron chi connectivity index (χ3n) is 11.2. The third-order valence-corrected chi connectivity index (χ3v) is 11.2. The van der Waals surface area contributed by atoms with Gasteiger partial charge in [-0.1, -0.05) is 120 Å². The van der Waals surface area contributed by atoms with E-state index in [2.05, 4.69) is 82.3 Å². The second kappa shape index (κ2) is 16.7. The molecule has 2 aromatic rings. The summed E-state index contributed by atoms with van der Waals surface area (Å²) in [5.74, 6) is 1.98. The lowest BCUT2D eigenvalue weighted by molar-refractivity contribution is -0.304. The van der Waals surface area contributed by atoms with Gasteiger partial charge in [0.05, 0.1) is 24.9 Å². The number of hydrogen-bond donors (Lipinski definition) is 0. The van der Waals surface area contributed by atoms with Crippen LogP contribution in [0.4, 0.5) is 0 Å². The molecule has 0 bridgehead atoms. The highest BCUT2D eigenvalue weighted by Crippen LogP contribution is 2.49. The van der Waals surface area contributed by atoms with E-state index < -0.39 is 0 Å². The summed E-state index contributed by atoms with van der Waals surface area (Å²) in [4.78, 5) is 0. The molecule has 4 nitrogen and oxygen atoms in total. The van der Waals surface area contributed by atoms with Crippen molar-refractivity contribution < 1.29 is 18.9 Å². The van der Waals surface area contributed by atoms with E-state index in [0.29, 0.717) is 29.8 Å². The molecule has 3 fully saturated rings. The smallest absolute Gasteiger partial charge is 0.184 e. The van der Waals surface area contributed by atoms with Crippen LogP contribution >= 0.6 is 0 Å². The summed E-state index contributed by atoms with van der Waals surface area (Å²) in [5, 5.41) is 0. The number of ether oxygens (including phenoxy) is 4. The van der Waals surface area contributed by atoms with Crippen LogP contribution < -0.4 is 0 Å². The Morgan fingerprint density at radius 2 is 1.36 bits per heavy atom. The van der Waals surface area contributed by atoms with Crippen LogP contribution in [0.2, 0.25) is 0 Å². The average Bonchev–Trinajstić information content (AvgIpc) is 3.07. The highest BCUT2D eigenvalue weighted by Gasteiger charge is 2.49. The van der Waals surface area contributed by atoms with Gasteiger partial charge < -0.3 is 18.9 Å². The minimum atomic E-state index is -0.311. The van der Waals surface area contributed by atoms with E-state index in [4.69, 9.17) is 18.9 Å². The van der Waals surface area contributed by atoms with Crippen molar-refractivity contribution in [1.82, 2.24) is 0 Å². The van der Waals surface area contributed by atoms with Crippen molar-refractivity contribution in [3.63, 3.8) is 0 Å². The topological polar surface area (TPSA) is 36.9 Å². The monoisotopic (exact) mass is 604 g/mol. The van der Waals surface area contributed by atoms with E-state index in [0.717, 1.165) is 31.6 Å². The molecular formula is C40H60O4. The number of unbranched alkanes of at least 4 members (excludes halogenated alkanes) is 6. The summed E-state index contributed by atoms with van der Waals surface area (Å²) in [6.45, 7) is 10.9. The molecule has 0 spiro atoms. The zero-order chi connectivity index (χ0) is 30.8. The lowest BCUT2D eigenvalue weighted by atomic mass is 9.67. The molecule has 1 aliphatic carbocycles. The first-order valence-electron chi connectivity index (χ1n) is 18.2. The van der Waals surface area contributed by atoms with Gasteiger partial charge in [0.2, 0.25) is 0 Å². The quantitative estimate of drug-likeness (QED) is 0.201. The number of rotatable bonds is 14. The van der Waals surface area contributed by atoms with Crippen LogP contribution in [0.5, 0.6) is 0 Å². The van der Waals surface area contributed by atoms with E-state index in [-0.39, 0.29) is 18.2 Å². The Balaban J connectivity index is 1.20. The fourth-order valence-electron chi connectivity index (χ4n) is 8.05. The van der Waals surface area contributed by atoms with Crippen LogP contribution in [0.3, 0.4) is 0 Å². The highest BCUT2D eigenvalue weighted by molar-refractivity contribution is 5.63. The van der Waals surface area contributed by atoms with Crippen LogP contribution in [0.1, 0.15) is 129 Å². The first-order chi connectivity index (χ1) is 21.5. The molecule has 0 amide bonds. The Kier molecular flexibility index (Phi) is 12.8. The molecule has 244 valence electrons. The van der Waals surface area contributed by atoms with Crippen molar-refractivity contribution in [3.05, 3.63) is 60.2 Å². The number of hydrogen-bond acceptors (Lipinski definition) is 4. The molecule has 0 radical (unpaired) electrons. The molecule has 2 saturated heterocycles. The third kappa shape index (κ3) is 8.55. The lowest BCUT2D eigenvalue weighted by Crippen LogP contribution is -2.53. The predicted octanol–water partition coefficient (Wildman–Crippen LogP) is 10.9. The summed E-state index contributed by atoms with van der Waals surface area (Å²) >= 11 is 0. The molecule has 2 heterocycles. The second-order valence-electron chi connectivity index (χ2n) is 14.3. The standard InChI is InChI=1S/C40H60O4/c1-5-7-9-12-18-35-28-41-38(43-30(35)3)33-24-26-36(27-25-33)40(4)37(19-15-10-8-6-2)29-42-39(44-40)34-22-20-32(21-23-34)31-16-13-11-14-17-31/h11,13-14,16-17,20-23,30,33,35-39H,5-10,12,15,18-19,24-29H2,1-4H3. The summed E-state index contributed by atoms with van der Waals surface area (Å²) in [6, 6.07) is 19.4. The van der Waals surface area contributed by atoms with E-state index in [1.54, 1.807) is 0 Å². The Hall–Kier alpha value is -1.72. The minimum Gasteiger partial charge on any atom is -0.352 e. The predicted molar refractivity (Wildman–Crippen MR) is 180 cm³/mol. The Morgan fingerprint density at radius 1 is 0.705 bits per heavy atom. The maximum Gasteiger partial charge on any atom is 0.184 e. The van der Waals surface area contributed by atoms with Gasteiger partial charge in [0.15, 0.2) is 12.6 Å². The molecule has 3 aliphatic rings. The van der Waals surface area contributed by atoms with E-state index >= 15 is 0 Å². The zero-order valence-corrected chi connectivity index (χ0v) is 28.2. The fourth-order valence-corrected chi connectivity index (χ4v) is 8.05. The highest BCUT2D eigenvalue weighted by atomic mass is 16.7. The van der Waals surface area contributed by atoms with Gasteiger partial charge in [-0.05, 0) is 69.4 Å². The number of benzene rings is 2. The van der Waals surface area contributed by atoms with Gasteiger partial charge in [-0.2, -0.15) is 0 Å². The molecule has 1 saturated carbocycles. The second-order valence-corrected chi connectivity index (χ2v) is 14.3.